The van der Waals surface area contributed by atoms with Gasteiger partial charge in [0, 0.05) is 25.2 Å². The summed E-state index contributed by atoms with van der Waals surface area (Å²) in [5.74, 6) is 0.319. The highest BCUT2D eigenvalue weighted by Gasteiger charge is 2.32. The van der Waals surface area contributed by atoms with Crippen molar-refractivity contribution < 1.29 is 8.42 Å². The summed E-state index contributed by atoms with van der Waals surface area (Å²) in [6, 6.07) is 10.2. The van der Waals surface area contributed by atoms with Crippen LogP contribution in [0.1, 0.15) is 43.9 Å². The molecule has 0 saturated carbocycles. The second-order valence-corrected chi connectivity index (χ2v) is 8.29. The van der Waals surface area contributed by atoms with E-state index in [1.165, 1.54) is 6.26 Å². The number of rotatable bonds is 5. The number of nitriles is 1. The summed E-state index contributed by atoms with van der Waals surface area (Å²) >= 11 is 0. The molecule has 1 heterocycles. The zero-order valence-electron chi connectivity index (χ0n) is 14.0. The van der Waals surface area contributed by atoms with E-state index >= 15 is 0 Å². The second kappa shape index (κ2) is 7.43. The van der Waals surface area contributed by atoms with Crippen molar-refractivity contribution in [3.05, 3.63) is 35.4 Å². The minimum absolute atomic E-state index is 0.173. The average Bonchev–Trinajstić information content (AvgIpc) is 2.54. The number of hydrogen-bond acceptors (Lipinski definition) is 4. The topological polar surface area (TPSA) is 73.2 Å². The molecule has 1 aliphatic heterocycles. The maximum absolute atomic E-state index is 11.7. The van der Waals surface area contributed by atoms with Crippen molar-refractivity contribution in [2.45, 2.75) is 38.8 Å². The Balaban J connectivity index is 2.02. The van der Waals surface area contributed by atoms with Gasteiger partial charge in [-0.15, -0.1) is 0 Å². The van der Waals surface area contributed by atoms with Crippen molar-refractivity contribution in [1.29, 1.82) is 5.26 Å². The van der Waals surface area contributed by atoms with Gasteiger partial charge >= 0.3 is 0 Å². The van der Waals surface area contributed by atoms with Crippen LogP contribution in [0.5, 0.6) is 0 Å². The van der Waals surface area contributed by atoms with E-state index < -0.39 is 10.0 Å². The molecular weight excluding hydrogens is 310 g/mol. The van der Waals surface area contributed by atoms with Gasteiger partial charge in [-0.3, -0.25) is 0 Å². The van der Waals surface area contributed by atoms with Gasteiger partial charge in [0.2, 0.25) is 10.0 Å². The first-order valence-electron chi connectivity index (χ1n) is 8.06. The largest absolute Gasteiger partial charge is 0.307 e. The molecule has 0 bridgehead atoms. The van der Waals surface area contributed by atoms with Crippen LogP contribution in [0.15, 0.2) is 24.3 Å². The van der Waals surface area contributed by atoms with Crippen LogP contribution in [-0.2, 0) is 10.0 Å². The third-order valence-electron chi connectivity index (χ3n) is 4.69. The molecule has 126 valence electrons. The molecule has 0 amide bonds. The zero-order chi connectivity index (χ0) is 17.0. The van der Waals surface area contributed by atoms with Gasteiger partial charge in [-0.1, -0.05) is 25.5 Å². The first-order chi connectivity index (χ1) is 10.8. The molecule has 3 atom stereocenters. The van der Waals surface area contributed by atoms with Crippen LogP contribution < -0.4 is 5.32 Å². The zero-order valence-corrected chi connectivity index (χ0v) is 14.8. The molecule has 1 saturated heterocycles. The molecule has 0 radical (unpaired) electrons. The summed E-state index contributed by atoms with van der Waals surface area (Å²) in [5, 5.41) is 12.5. The van der Waals surface area contributed by atoms with Crippen LogP contribution >= 0.6 is 0 Å². The third kappa shape index (κ3) is 4.54. The maximum atomic E-state index is 11.7. The summed E-state index contributed by atoms with van der Waals surface area (Å²) in [7, 11) is -3.11. The molecular formula is C17H25N3O2S. The molecule has 0 aliphatic carbocycles. The number of nitrogens with one attached hydrogen (secondary N) is 1. The Hall–Kier alpha value is -1.42. The van der Waals surface area contributed by atoms with Crippen LogP contribution in [0.25, 0.3) is 0 Å². The van der Waals surface area contributed by atoms with Crippen molar-refractivity contribution in [3.63, 3.8) is 0 Å². The van der Waals surface area contributed by atoms with E-state index in [2.05, 4.69) is 25.2 Å². The van der Waals surface area contributed by atoms with Gasteiger partial charge in [-0.05, 0) is 37.0 Å². The van der Waals surface area contributed by atoms with Gasteiger partial charge < -0.3 is 5.32 Å². The molecule has 1 aromatic rings. The minimum Gasteiger partial charge on any atom is -0.307 e. The quantitative estimate of drug-likeness (QED) is 0.896. The minimum atomic E-state index is -3.11. The fourth-order valence-electron chi connectivity index (χ4n) is 3.20. The van der Waals surface area contributed by atoms with Crippen molar-refractivity contribution in [2.75, 3.05) is 19.3 Å². The molecule has 1 aliphatic rings. The monoisotopic (exact) mass is 335 g/mol. The summed E-state index contributed by atoms with van der Waals surface area (Å²) in [4.78, 5) is 0. The maximum Gasteiger partial charge on any atom is 0.211 e. The van der Waals surface area contributed by atoms with Gasteiger partial charge in [0.15, 0.2) is 0 Å². The predicted molar refractivity (Wildman–Crippen MR) is 91.3 cm³/mol. The van der Waals surface area contributed by atoms with Crippen LogP contribution in [0.3, 0.4) is 0 Å². The highest BCUT2D eigenvalue weighted by Crippen LogP contribution is 2.25. The number of piperidine rings is 1. The van der Waals surface area contributed by atoms with Crippen LogP contribution in [-0.4, -0.2) is 38.1 Å². The summed E-state index contributed by atoms with van der Waals surface area (Å²) in [6.45, 7) is 5.38. The van der Waals surface area contributed by atoms with E-state index in [9.17, 15) is 8.42 Å². The summed E-state index contributed by atoms with van der Waals surface area (Å²) in [5.41, 5.74) is 1.80. The SMILES string of the molecule is CC[C@@H]1CN(S(C)(=O)=O)CC[C@@H]1N[C@H](C)c1ccc(C#N)cc1. The van der Waals surface area contributed by atoms with Crippen molar-refractivity contribution in [1.82, 2.24) is 9.62 Å². The summed E-state index contributed by atoms with van der Waals surface area (Å²) in [6.07, 6.45) is 3.06. The second-order valence-electron chi connectivity index (χ2n) is 6.31. The molecule has 6 heteroatoms. The molecule has 5 nitrogen and oxygen atoms in total. The number of sulfonamides is 1. The van der Waals surface area contributed by atoms with Gasteiger partial charge in [-0.25, -0.2) is 12.7 Å². The molecule has 1 aromatic carbocycles. The van der Waals surface area contributed by atoms with Gasteiger partial charge in [-0.2, -0.15) is 5.26 Å². The molecule has 2 rings (SSSR count). The van der Waals surface area contributed by atoms with Gasteiger partial charge in [0.1, 0.15) is 0 Å². The number of hydrogen-bond donors (Lipinski definition) is 1. The lowest BCUT2D eigenvalue weighted by Crippen LogP contribution is -2.51. The predicted octanol–water partition coefficient (Wildman–Crippen LogP) is 2.27. The first kappa shape index (κ1) is 17.9. The first-order valence-corrected chi connectivity index (χ1v) is 9.91. The van der Waals surface area contributed by atoms with E-state index in [1.807, 2.05) is 24.3 Å². The van der Waals surface area contributed by atoms with E-state index in [1.54, 1.807) is 4.31 Å². The highest BCUT2D eigenvalue weighted by atomic mass is 32.2. The van der Waals surface area contributed by atoms with E-state index in [0.29, 0.717) is 30.6 Å². The molecule has 23 heavy (non-hydrogen) atoms. The Morgan fingerprint density at radius 3 is 2.57 bits per heavy atom. The van der Waals surface area contributed by atoms with Crippen molar-refractivity contribution >= 4 is 10.0 Å². The van der Waals surface area contributed by atoms with E-state index in [-0.39, 0.29) is 6.04 Å². The molecule has 1 N–H and O–H groups in total. The lowest BCUT2D eigenvalue weighted by molar-refractivity contribution is 0.193. The Bertz CT molecular complexity index is 664. The molecule has 0 aromatic heterocycles. The highest BCUT2D eigenvalue weighted by molar-refractivity contribution is 7.88. The van der Waals surface area contributed by atoms with Crippen molar-refractivity contribution in [2.24, 2.45) is 5.92 Å². The fraction of sp³-hybridized carbons (Fsp3) is 0.588. The lowest BCUT2D eigenvalue weighted by Gasteiger charge is -2.38. The molecule has 0 unspecified atom stereocenters. The Kier molecular flexibility index (Phi) is 5.79. The fourth-order valence-corrected chi connectivity index (χ4v) is 4.10. The third-order valence-corrected chi connectivity index (χ3v) is 5.96. The Morgan fingerprint density at radius 1 is 1.39 bits per heavy atom. The number of nitrogens with zero attached hydrogens (tertiary/aromatic N) is 2. The standard InChI is InChI=1S/C17H25N3O2S/c1-4-15-12-20(23(3,21)22)10-9-17(15)19-13(2)16-7-5-14(11-18)6-8-16/h5-8,13,15,17,19H,4,9-10,12H2,1-3H3/t13-,15-,17+/m1/s1. The van der Waals surface area contributed by atoms with Crippen molar-refractivity contribution in [3.8, 4) is 6.07 Å². The van der Waals surface area contributed by atoms with E-state index in [4.69, 9.17) is 5.26 Å². The van der Waals surface area contributed by atoms with Gasteiger partial charge in [0.25, 0.3) is 0 Å². The van der Waals surface area contributed by atoms with Gasteiger partial charge in [0.05, 0.1) is 17.9 Å². The molecule has 0 spiro atoms. The average molecular weight is 335 g/mol. The Labute approximate surface area is 139 Å². The normalized spacial score (nSPS) is 24.1. The van der Waals surface area contributed by atoms with E-state index in [0.717, 1.165) is 18.4 Å². The lowest BCUT2D eigenvalue weighted by atomic mass is 9.90. The Morgan fingerprint density at radius 2 is 2.04 bits per heavy atom. The smallest absolute Gasteiger partial charge is 0.211 e. The summed E-state index contributed by atoms with van der Waals surface area (Å²) < 4.78 is 25.1. The molecule has 1 fully saturated rings. The number of benzene rings is 1. The van der Waals surface area contributed by atoms with Crippen LogP contribution in [0.2, 0.25) is 0 Å². The van der Waals surface area contributed by atoms with Crippen LogP contribution in [0, 0.1) is 17.2 Å². The van der Waals surface area contributed by atoms with Crippen LogP contribution in [0.4, 0.5) is 0 Å².